The van der Waals surface area contributed by atoms with E-state index in [1.165, 1.54) is 31.1 Å². The number of aliphatic carboxylic acids is 1. The molecule has 1 aliphatic carbocycles. The Morgan fingerprint density at radius 3 is 2.88 bits per heavy atom. The number of likely N-dealkylation sites (tertiary alicyclic amines) is 1. The van der Waals surface area contributed by atoms with Crippen molar-refractivity contribution in [3.63, 3.8) is 0 Å². The first kappa shape index (κ1) is 19.3. The number of amides is 1. The average molecular weight is 381 g/mol. The van der Waals surface area contributed by atoms with Gasteiger partial charge in [-0.3, -0.25) is 19.4 Å². The number of fused-ring (bicyclic) bond motifs is 1. The van der Waals surface area contributed by atoms with Crippen molar-refractivity contribution in [2.45, 2.75) is 57.7 Å². The number of carboxylic acids is 1. The van der Waals surface area contributed by atoms with Gasteiger partial charge in [0, 0.05) is 32.0 Å². The number of carboxylic acid groups (broad SMARTS) is 1. The molecular weight excluding hydrogens is 354 g/mol. The number of ether oxygens (including phenoxy) is 1. The summed E-state index contributed by atoms with van der Waals surface area (Å²) in [4.78, 5) is 32.0. The van der Waals surface area contributed by atoms with Gasteiger partial charge in [0.05, 0.1) is 18.8 Å². The summed E-state index contributed by atoms with van der Waals surface area (Å²) in [5.41, 5.74) is 0.839. The quantitative estimate of drug-likeness (QED) is 0.781. The van der Waals surface area contributed by atoms with E-state index in [0.29, 0.717) is 36.8 Å². The van der Waals surface area contributed by atoms with Gasteiger partial charge in [0.15, 0.2) is 5.13 Å². The Balaban J connectivity index is 1.74. The van der Waals surface area contributed by atoms with Gasteiger partial charge < -0.3 is 9.84 Å². The van der Waals surface area contributed by atoms with Crippen molar-refractivity contribution in [3.8, 4) is 0 Å². The van der Waals surface area contributed by atoms with Crippen molar-refractivity contribution < 1.29 is 19.4 Å². The molecule has 7 nitrogen and oxygen atoms in total. The van der Waals surface area contributed by atoms with Crippen LogP contribution in [0.15, 0.2) is 5.38 Å². The summed E-state index contributed by atoms with van der Waals surface area (Å²) < 4.78 is 5.07. The van der Waals surface area contributed by atoms with Gasteiger partial charge >= 0.3 is 5.97 Å². The van der Waals surface area contributed by atoms with E-state index in [9.17, 15) is 14.7 Å². The SMILES string of the molecule is COCCN(C(C)=O)c1nc(CN2C(C(=O)O)CC3CCCCC32)cs1. The first-order chi connectivity index (χ1) is 12.5. The average Bonchev–Trinajstić information content (AvgIpc) is 3.21. The van der Waals surface area contributed by atoms with Crippen LogP contribution in [0.4, 0.5) is 5.13 Å². The smallest absolute Gasteiger partial charge is 0.320 e. The Hall–Kier alpha value is -1.51. The lowest BCUT2D eigenvalue weighted by Crippen LogP contribution is -2.41. The van der Waals surface area contributed by atoms with Crippen LogP contribution in [0.1, 0.15) is 44.7 Å². The number of hydrogen-bond acceptors (Lipinski definition) is 6. The number of methoxy groups -OCH3 is 1. The van der Waals surface area contributed by atoms with Gasteiger partial charge in [-0.25, -0.2) is 4.98 Å². The molecule has 0 spiro atoms. The molecular formula is C18H27N3O4S. The number of carbonyl (C=O) groups excluding carboxylic acids is 1. The topological polar surface area (TPSA) is 83.0 Å². The lowest BCUT2D eigenvalue weighted by Gasteiger charge is -2.32. The molecule has 0 radical (unpaired) electrons. The zero-order valence-electron chi connectivity index (χ0n) is 15.4. The third kappa shape index (κ3) is 4.07. The molecule has 1 saturated heterocycles. The molecule has 0 aromatic carbocycles. The van der Waals surface area contributed by atoms with E-state index in [0.717, 1.165) is 25.0 Å². The molecule has 1 N–H and O–H groups in total. The fourth-order valence-electron chi connectivity index (χ4n) is 4.27. The highest BCUT2D eigenvalue weighted by Gasteiger charge is 2.45. The Bertz CT molecular complexity index is 650. The Morgan fingerprint density at radius 1 is 1.42 bits per heavy atom. The van der Waals surface area contributed by atoms with Crippen LogP contribution in [0.5, 0.6) is 0 Å². The van der Waals surface area contributed by atoms with Gasteiger partial charge in [-0.1, -0.05) is 12.8 Å². The van der Waals surface area contributed by atoms with Gasteiger partial charge in [0.25, 0.3) is 0 Å². The minimum absolute atomic E-state index is 0.0696. The summed E-state index contributed by atoms with van der Waals surface area (Å²) in [6, 6.07) is -0.0851. The lowest BCUT2D eigenvalue weighted by atomic mass is 9.85. The number of anilines is 1. The molecule has 1 amide bonds. The summed E-state index contributed by atoms with van der Waals surface area (Å²) in [5.74, 6) is -0.321. The number of rotatable bonds is 7. The normalized spacial score (nSPS) is 25.8. The van der Waals surface area contributed by atoms with Gasteiger partial charge in [0.2, 0.25) is 5.91 Å². The van der Waals surface area contributed by atoms with Crippen LogP contribution in [0.25, 0.3) is 0 Å². The summed E-state index contributed by atoms with van der Waals surface area (Å²) >= 11 is 1.42. The van der Waals surface area contributed by atoms with Crippen molar-refractivity contribution >= 4 is 28.3 Å². The fraction of sp³-hybridized carbons (Fsp3) is 0.722. The van der Waals surface area contributed by atoms with E-state index in [2.05, 4.69) is 9.88 Å². The van der Waals surface area contributed by atoms with Crippen molar-refractivity contribution in [1.82, 2.24) is 9.88 Å². The standard InChI is InChI=1S/C18H27N3O4S/c1-12(22)20(7-8-25-2)18-19-14(11-26-18)10-21-15-6-4-3-5-13(15)9-16(21)17(23)24/h11,13,15-16H,3-10H2,1-2H3,(H,23,24). The van der Waals surface area contributed by atoms with Crippen molar-refractivity contribution in [3.05, 3.63) is 11.1 Å². The molecule has 1 aliphatic heterocycles. The Morgan fingerprint density at radius 2 is 2.19 bits per heavy atom. The highest BCUT2D eigenvalue weighted by Crippen LogP contribution is 2.40. The Kier molecular flexibility index (Phi) is 6.26. The summed E-state index contributed by atoms with van der Waals surface area (Å²) in [7, 11) is 1.60. The molecule has 26 heavy (non-hydrogen) atoms. The number of hydrogen-bond donors (Lipinski definition) is 1. The van der Waals surface area contributed by atoms with Crippen LogP contribution >= 0.6 is 11.3 Å². The maximum atomic E-state index is 11.9. The highest BCUT2D eigenvalue weighted by atomic mass is 32.1. The third-order valence-electron chi connectivity index (χ3n) is 5.52. The van der Waals surface area contributed by atoms with Gasteiger partial charge in [0.1, 0.15) is 6.04 Å². The maximum absolute atomic E-state index is 11.9. The van der Waals surface area contributed by atoms with Crippen LogP contribution in [-0.2, 0) is 20.9 Å². The van der Waals surface area contributed by atoms with E-state index in [1.807, 2.05) is 5.38 Å². The molecule has 2 aliphatic rings. The lowest BCUT2D eigenvalue weighted by molar-refractivity contribution is -0.143. The number of nitrogens with zero attached hydrogens (tertiary/aromatic N) is 3. The molecule has 1 aromatic heterocycles. The second-order valence-electron chi connectivity index (χ2n) is 7.16. The van der Waals surface area contributed by atoms with Gasteiger partial charge in [-0.15, -0.1) is 11.3 Å². The van der Waals surface area contributed by atoms with E-state index < -0.39 is 12.0 Å². The molecule has 3 rings (SSSR count). The molecule has 2 fully saturated rings. The third-order valence-corrected chi connectivity index (χ3v) is 6.43. The van der Waals surface area contributed by atoms with Crippen LogP contribution in [0, 0.1) is 5.92 Å². The van der Waals surface area contributed by atoms with Crippen LogP contribution in [-0.4, -0.2) is 59.2 Å². The second kappa shape index (κ2) is 8.45. The fourth-order valence-corrected chi connectivity index (χ4v) is 5.16. The van der Waals surface area contributed by atoms with E-state index >= 15 is 0 Å². The molecule has 144 valence electrons. The van der Waals surface area contributed by atoms with Gasteiger partial charge in [-0.05, 0) is 25.2 Å². The monoisotopic (exact) mass is 381 g/mol. The zero-order valence-corrected chi connectivity index (χ0v) is 16.2. The van der Waals surface area contributed by atoms with E-state index in [1.54, 1.807) is 12.0 Å². The highest BCUT2D eigenvalue weighted by molar-refractivity contribution is 7.14. The number of aromatic nitrogens is 1. The van der Waals surface area contributed by atoms with Crippen LogP contribution < -0.4 is 4.90 Å². The minimum Gasteiger partial charge on any atom is -0.480 e. The van der Waals surface area contributed by atoms with E-state index in [4.69, 9.17) is 4.74 Å². The predicted octanol–water partition coefficient (Wildman–Crippen LogP) is 2.36. The summed E-state index contributed by atoms with van der Waals surface area (Å²) in [6.45, 7) is 2.96. The molecule has 2 heterocycles. The number of carbonyl (C=O) groups is 2. The molecule has 3 atom stereocenters. The molecule has 0 bridgehead atoms. The molecule has 3 unspecified atom stereocenters. The van der Waals surface area contributed by atoms with Crippen molar-refractivity contribution in [1.29, 1.82) is 0 Å². The van der Waals surface area contributed by atoms with Gasteiger partial charge in [-0.2, -0.15) is 0 Å². The van der Waals surface area contributed by atoms with Crippen molar-refractivity contribution in [2.24, 2.45) is 5.92 Å². The zero-order chi connectivity index (χ0) is 18.7. The number of thiazole rings is 1. The van der Waals surface area contributed by atoms with E-state index in [-0.39, 0.29) is 5.91 Å². The molecule has 1 aromatic rings. The summed E-state index contributed by atoms with van der Waals surface area (Å²) in [6.07, 6.45) is 5.31. The Labute approximate surface area is 158 Å². The first-order valence-corrected chi connectivity index (χ1v) is 10.1. The maximum Gasteiger partial charge on any atom is 0.320 e. The van der Waals surface area contributed by atoms with Crippen LogP contribution in [0.2, 0.25) is 0 Å². The second-order valence-corrected chi connectivity index (χ2v) is 8.00. The predicted molar refractivity (Wildman–Crippen MR) is 99.3 cm³/mol. The molecule has 1 saturated carbocycles. The minimum atomic E-state index is -0.736. The molecule has 8 heteroatoms. The van der Waals surface area contributed by atoms with Crippen molar-refractivity contribution in [2.75, 3.05) is 25.2 Å². The van der Waals surface area contributed by atoms with Crippen LogP contribution in [0.3, 0.4) is 0 Å². The largest absolute Gasteiger partial charge is 0.480 e. The first-order valence-electron chi connectivity index (χ1n) is 9.21. The summed E-state index contributed by atoms with van der Waals surface area (Å²) in [5, 5.41) is 12.2.